The molecule has 1 atom stereocenters. The first-order valence-corrected chi connectivity index (χ1v) is 7.85. The van der Waals surface area contributed by atoms with E-state index in [-0.39, 0.29) is 0 Å². The summed E-state index contributed by atoms with van der Waals surface area (Å²) in [5.74, 6) is 0.246. The topological polar surface area (TPSA) is 69.1 Å². The van der Waals surface area contributed by atoms with Crippen LogP contribution in [0.5, 0.6) is 0 Å². The summed E-state index contributed by atoms with van der Waals surface area (Å²) in [6.07, 6.45) is 0.505. The summed E-state index contributed by atoms with van der Waals surface area (Å²) >= 11 is 1.69. The Hall–Kier alpha value is -1.78. The Balaban J connectivity index is 2.06. The highest BCUT2D eigenvalue weighted by Crippen LogP contribution is 2.27. The van der Waals surface area contributed by atoms with Gasteiger partial charge in [0, 0.05) is 10.6 Å². The van der Waals surface area contributed by atoms with Gasteiger partial charge in [-0.2, -0.15) is 0 Å². The average molecular weight is 300 g/mol. The van der Waals surface area contributed by atoms with Crippen molar-refractivity contribution < 1.29 is 4.79 Å². The van der Waals surface area contributed by atoms with E-state index in [0.717, 1.165) is 11.3 Å². The molecule has 0 aromatic heterocycles. The average Bonchev–Trinajstić information content (AvgIpc) is 2.48. The smallest absolute Gasteiger partial charge is 0.242 e. The van der Waals surface area contributed by atoms with Crippen LogP contribution in [0.4, 0.5) is 0 Å². The molecule has 21 heavy (non-hydrogen) atoms. The summed E-state index contributed by atoms with van der Waals surface area (Å²) in [6, 6.07) is 17.6. The van der Waals surface area contributed by atoms with Crippen LogP contribution in [0.15, 0.2) is 59.5 Å². The quantitative estimate of drug-likeness (QED) is 0.806. The lowest BCUT2D eigenvalue weighted by Gasteiger charge is -2.26. The molecule has 1 amide bonds. The van der Waals surface area contributed by atoms with Gasteiger partial charge in [0.2, 0.25) is 5.91 Å². The van der Waals surface area contributed by atoms with Crippen LogP contribution < -0.4 is 11.5 Å². The van der Waals surface area contributed by atoms with Crippen molar-refractivity contribution in [2.24, 2.45) is 11.5 Å². The molecule has 110 valence electrons. The van der Waals surface area contributed by atoms with Crippen LogP contribution in [0.1, 0.15) is 17.5 Å². The van der Waals surface area contributed by atoms with Gasteiger partial charge in [0.25, 0.3) is 0 Å². The number of thioether (sulfide) groups is 1. The Morgan fingerprint density at radius 3 is 2.48 bits per heavy atom. The van der Waals surface area contributed by atoms with E-state index in [9.17, 15) is 4.79 Å². The highest BCUT2D eigenvalue weighted by molar-refractivity contribution is 7.99. The van der Waals surface area contributed by atoms with Gasteiger partial charge in [0.1, 0.15) is 5.54 Å². The number of carbonyl (C=O) groups excluding carboxylic acids is 1. The van der Waals surface area contributed by atoms with Gasteiger partial charge < -0.3 is 11.5 Å². The number of primary amides is 1. The van der Waals surface area contributed by atoms with Gasteiger partial charge in [-0.1, -0.05) is 48.0 Å². The van der Waals surface area contributed by atoms with E-state index in [2.05, 4.69) is 25.1 Å². The Morgan fingerprint density at radius 2 is 1.86 bits per heavy atom. The molecule has 2 aromatic rings. The summed E-state index contributed by atoms with van der Waals surface area (Å²) in [6.45, 7) is 2.06. The van der Waals surface area contributed by atoms with E-state index in [1.165, 1.54) is 10.5 Å². The van der Waals surface area contributed by atoms with Gasteiger partial charge in [-0.15, -0.1) is 11.8 Å². The SMILES string of the molecule is Cc1cccc(SCCC(N)(C(N)=O)c2ccccc2)c1. The van der Waals surface area contributed by atoms with Crippen molar-refractivity contribution in [3.63, 3.8) is 0 Å². The molecule has 0 heterocycles. The zero-order valence-electron chi connectivity index (χ0n) is 12.1. The fourth-order valence-corrected chi connectivity index (χ4v) is 3.28. The van der Waals surface area contributed by atoms with Crippen LogP contribution in [0.2, 0.25) is 0 Å². The van der Waals surface area contributed by atoms with Crippen molar-refractivity contribution >= 4 is 17.7 Å². The van der Waals surface area contributed by atoms with E-state index in [1.54, 1.807) is 11.8 Å². The number of aryl methyl sites for hydroxylation is 1. The highest BCUT2D eigenvalue weighted by Gasteiger charge is 2.33. The van der Waals surface area contributed by atoms with Crippen molar-refractivity contribution in [2.75, 3.05) is 5.75 Å². The standard InChI is InChI=1S/C17H20N2OS/c1-13-6-5-9-15(12-13)21-11-10-17(19,16(18)20)14-7-3-2-4-8-14/h2-9,12H,10-11,19H2,1H3,(H2,18,20). The molecule has 0 aliphatic carbocycles. The van der Waals surface area contributed by atoms with Crippen LogP contribution >= 0.6 is 11.8 Å². The maximum absolute atomic E-state index is 11.8. The Bertz CT molecular complexity index is 615. The molecule has 0 bridgehead atoms. The Morgan fingerprint density at radius 1 is 1.14 bits per heavy atom. The summed E-state index contributed by atoms with van der Waals surface area (Å²) in [4.78, 5) is 13.0. The van der Waals surface area contributed by atoms with Crippen molar-refractivity contribution in [2.45, 2.75) is 23.8 Å². The van der Waals surface area contributed by atoms with Gasteiger partial charge >= 0.3 is 0 Å². The molecule has 3 nitrogen and oxygen atoms in total. The van der Waals surface area contributed by atoms with Crippen LogP contribution in [-0.2, 0) is 10.3 Å². The third-order valence-corrected chi connectivity index (χ3v) is 4.48. The molecule has 0 fully saturated rings. The van der Waals surface area contributed by atoms with Crippen LogP contribution in [0.3, 0.4) is 0 Å². The summed E-state index contributed by atoms with van der Waals surface area (Å²) in [5, 5.41) is 0. The minimum atomic E-state index is -1.11. The number of carbonyl (C=O) groups is 1. The van der Waals surface area contributed by atoms with E-state index >= 15 is 0 Å². The largest absolute Gasteiger partial charge is 0.368 e. The second kappa shape index (κ2) is 6.78. The summed E-state index contributed by atoms with van der Waals surface area (Å²) < 4.78 is 0. The first kappa shape index (κ1) is 15.6. The van der Waals surface area contributed by atoms with E-state index in [4.69, 9.17) is 11.5 Å². The molecule has 1 unspecified atom stereocenters. The summed E-state index contributed by atoms with van der Waals surface area (Å²) in [7, 11) is 0. The molecule has 0 saturated carbocycles. The number of rotatable bonds is 6. The molecule has 0 saturated heterocycles. The molecule has 0 radical (unpaired) electrons. The first-order chi connectivity index (χ1) is 10.0. The van der Waals surface area contributed by atoms with Crippen LogP contribution in [0, 0.1) is 6.92 Å². The van der Waals surface area contributed by atoms with Gasteiger partial charge in [-0.05, 0) is 31.0 Å². The number of amides is 1. The third-order valence-electron chi connectivity index (χ3n) is 3.48. The third kappa shape index (κ3) is 3.86. The molecule has 0 aliphatic rings. The van der Waals surface area contributed by atoms with Crippen molar-refractivity contribution in [1.82, 2.24) is 0 Å². The Labute approximate surface area is 129 Å². The number of hydrogen-bond acceptors (Lipinski definition) is 3. The normalized spacial score (nSPS) is 13.6. The lowest BCUT2D eigenvalue weighted by atomic mass is 9.88. The second-order valence-electron chi connectivity index (χ2n) is 5.12. The van der Waals surface area contributed by atoms with Crippen LogP contribution in [0.25, 0.3) is 0 Å². The second-order valence-corrected chi connectivity index (χ2v) is 6.28. The molecule has 0 spiro atoms. The van der Waals surface area contributed by atoms with Crippen molar-refractivity contribution in [3.05, 3.63) is 65.7 Å². The first-order valence-electron chi connectivity index (χ1n) is 6.86. The van der Waals surface area contributed by atoms with Crippen molar-refractivity contribution in [1.29, 1.82) is 0 Å². The minimum absolute atomic E-state index is 0.487. The predicted octanol–water partition coefficient (Wildman–Crippen LogP) is 2.82. The van der Waals surface area contributed by atoms with Crippen molar-refractivity contribution in [3.8, 4) is 0 Å². The molecule has 2 aromatic carbocycles. The fraction of sp³-hybridized carbons (Fsp3) is 0.235. The number of benzene rings is 2. The minimum Gasteiger partial charge on any atom is -0.368 e. The molecule has 2 rings (SSSR count). The molecule has 4 heteroatoms. The molecule has 4 N–H and O–H groups in total. The van der Waals surface area contributed by atoms with Gasteiger partial charge in [0.15, 0.2) is 0 Å². The van der Waals surface area contributed by atoms with E-state index in [1.807, 2.05) is 36.4 Å². The molecular weight excluding hydrogens is 280 g/mol. The lowest BCUT2D eigenvalue weighted by Crippen LogP contribution is -2.49. The number of hydrogen-bond donors (Lipinski definition) is 2. The van der Waals surface area contributed by atoms with Gasteiger partial charge in [-0.3, -0.25) is 4.79 Å². The van der Waals surface area contributed by atoms with E-state index in [0.29, 0.717) is 6.42 Å². The molecular formula is C17H20N2OS. The van der Waals surface area contributed by atoms with Crippen LogP contribution in [-0.4, -0.2) is 11.7 Å². The highest BCUT2D eigenvalue weighted by atomic mass is 32.2. The van der Waals surface area contributed by atoms with Gasteiger partial charge in [0.05, 0.1) is 0 Å². The fourth-order valence-electron chi connectivity index (χ4n) is 2.18. The zero-order valence-corrected chi connectivity index (χ0v) is 12.9. The lowest BCUT2D eigenvalue weighted by molar-refractivity contribution is -0.123. The Kier molecular flexibility index (Phi) is 5.04. The zero-order chi connectivity index (χ0) is 15.3. The monoisotopic (exact) mass is 300 g/mol. The molecule has 0 aliphatic heterocycles. The maximum Gasteiger partial charge on any atom is 0.242 e. The van der Waals surface area contributed by atoms with Gasteiger partial charge in [-0.25, -0.2) is 0 Å². The maximum atomic E-state index is 11.8. The summed E-state index contributed by atoms with van der Waals surface area (Å²) in [5.41, 5.74) is 12.7. The van der Waals surface area contributed by atoms with E-state index < -0.39 is 11.4 Å². The predicted molar refractivity (Wildman–Crippen MR) is 88.0 cm³/mol. The number of nitrogens with two attached hydrogens (primary N) is 2.